The molecular weight excluding hydrogens is 588 g/mol. The average Bonchev–Trinajstić information content (AvgIpc) is 3.01. The lowest BCUT2D eigenvalue weighted by Crippen LogP contribution is -2.28. The van der Waals surface area contributed by atoms with E-state index in [-0.39, 0.29) is 58.5 Å². The van der Waals surface area contributed by atoms with Crippen LogP contribution in [0.15, 0.2) is 48.5 Å². The molecule has 240 valence electrons. The van der Waals surface area contributed by atoms with Gasteiger partial charge in [0.25, 0.3) is 0 Å². The van der Waals surface area contributed by atoms with Gasteiger partial charge in [-0.1, -0.05) is 6.07 Å². The Hall–Kier alpha value is -5.15. The molecule has 45 heavy (non-hydrogen) atoms. The van der Waals surface area contributed by atoms with Gasteiger partial charge in [0.05, 0.1) is 35.5 Å². The van der Waals surface area contributed by atoms with E-state index in [1.165, 1.54) is 36.4 Å². The Morgan fingerprint density at radius 3 is 1.49 bits per heavy atom. The van der Waals surface area contributed by atoms with Crippen LogP contribution in [0.1, 0.15) is 37.4 Å². The third-order valence-electron chi connectivity index (χ3n) is 6.50. The Bertz CT molecular complexity index is 1480. The Kier molecular flexibility index (Phi) is 12.7. The summed E-state index contributed by atoms with van der Waals surface area (Å²) in [4.78, 5) is 36.9. The van der Waals surface area contributed by atoms with Gasteiger partial charge in [-0.15, -0.1) is 0 Å². The van der Waals surface area contributed by atoms with Gasteiger partial charge in [0.2, 0.25) is 11.6 Å². The summed E-state index contributed by atoms with van der Waals surface area (Å²) >= 11 is 0. The molecule has 4 rings (SSSR count). The smallest absolute Gasteiger partial charge is 0.328 e. The second kappa shape index (κ2) is 16.6. The number of nitrogens with one attached hydrogen (secondary N) is 4. The fourth-order valence-electron chi connectivity index (χ4n) is 4.45. The first-order chi connectivity index (χ1) is 21.6. The molecule has 0 amide bonds. The number of carbonyl (C=O) groups is 3. The molecule has 3 aromatic rings. The van der Waals surface area contributed by atoms with Gasteiger partial charge in [-0.05, 0) is 48.0 Å². The molecule has 0 aromatic heterocycles. The summed E-state index contributed by atoms with van der Waals surface area (Å²) in [6.07, 6.45) is 2.27. The van der Waals surface area contributed by atoms with E-state index < -0.39 is 17.5 Å². The van der Waals surface area contributed by atoms with E-state index in [1.807, 2.05) is 0 Å². The number of aromatic hydroxyl groups is 4. The second-order valence-electron chi connectivity index (χ2n) is 9.64. The van der Waals surface area contributed by atoms with E-state index in [1.54, 1.807) is 12.1 Å². The zero-order chi connectivity index (χ0) is 32.9. The van der Waals surface area contributed by atoms with Crippen LogP contribution in [0.4, 0.5) is 11.4 Å². The van der Waals surface area contributed by atoms with Gasteiger partial charge in [0.15, 0.2) is 11.5 Å². The maximum absolute atomic E-state index is 13.4. The van der Waals surface area contributed by atoms with Crippen molar-refractivity contribution in [2.24, 2.45) is 0 Å². The fourth-order valence-corrected chi connectivity index (χ4v) is 4.45. The number of aliphatic hydroxyl groups is 2. The van der Waals surface area contributed by atoms with Gasteiger partial charge in [0, 0.05) is 56.7 Å². The second-order valence-corrected chi connectivity index (χ2v) is 9.64. The van der Waals surface area contributed by atoms with Crippen molar-refractivity contribution in [1.82, 2.24) is 10.6 Å². The molecule has 0 saturated heterocycles. The van der Waals surface area contributed by atoms with Crippen LogP contribution in [0.3, 0.4) is 0 Å². The van der Waals surface area contributed by atoms with Gasteiger partial charge in [-0.3, -0.25) is 9.59 Å². The number of phenolic OH excluding ortho intramolecular Hbond substituents is 4. The first kappa shape index (κ1) is 34.3. The maximum Gasteiger partial charge on any atom is 0.328 e. The number of fused-ring (bicyclic) bond motifs is 2. The minimum Gasteiger partial charge on any atom is -0.507 e. The first-order valence-corrected chi connectivity index (χ1v) is 14.0. The van der Waals surface area contributed by atoms with E-state index in [4.69, 9.17) is 25.5 Å². The Balaban J connectivity index is 0.000000355. The topological polar surface area (TPSA) is 241 Å². The molecule has 1 aliphatic rings. The number of ketones is 2. The lowest BCUT2D eigenvalue weighted by Gasteiger charge is -2.25. The predicted molar refractivity (Wildman–Crippen MR) is 166 cm³/mol. The van der Waals surface area contributed by atoms with Crippen LogP contribution in [0, 0.1) is 0 Å². The van der Waals surface area contributed by atoms with Gasteiger partial charge >= 0.3 is 5.97 Å². The standard InChI is InChI=1S/C22H28N4O6.C9H8O4/c27-11-9-23-5-7-25-13-1-2-14(26-8-6-24-10-12-28)18-17(13)21(31)19-15(29)3-4-16(30)20(19)22(18)32;10-7-3-1-6(5-8(7)11)2-4-9(12)13/h1-4,23-30H,5-12H2;1-5,10-11H,(H,12,13)/b;4-2+. The molecule has 0 aliphatic heterocycles. The van der Waals surface area contributed by atoms with Crippen LogP contribution >= 0.6 is 0 Å². The Morgan fingerprint density at radius 2 is 1.07 bits per heavy atom. The number of hydrogen-bond donors (Lipinski definition) is 11. The highest BCUT2D eigenvalue weighted by atomic mass is 16.4. The molecule has 0 saturated carbocycles. The summed E-state index contributed by atoms with van der Waals surface area (Å²) in [6, 6.07) is 9.80. The Morgan fingerprint density at radius 1 is 0.600 bits per heavy atom. The zero-order valence-corrected chi connectivity index (χ0v) is 24.2. The summed E-state index contributed by atoms with van der Waals surface area (Å²) in [5, 5.41) is 76.8. The SMILES string of the molecule is O=C(O)/C=C/c1ccc(O)c(O)c1.O=C1c2c(O)ccc(O)c2C(=O)c2c(NCCNCCO)ccc(NCCNCCO)c21. The van der Waals surface area contributed by atoms with Crippen molar-refractivity contribution in [3.05, 3.63) is 76.4 Å². The molecule has 0 atom stereocenters. The molecule has 0 heterocycles. The number of benzene rings is 3. The van der Waals surface area contributed by atoms with E-state index in [0.717, 1.165) is 6.08 Å². The number of rotatable bonds is 14. The molecule has 14 nitrogen and oxygen atoms in total. The number of anilines is 2. The molecule has 1 aliphatic carbocycles. The van der Waals surface area contributed by atoms with Crippen molar-refractivity contribution >= 4 is 35.0 Å². The highest BCUT2D eigenvalue weighted by Gasteiger charge is 2.37. The molecule has 14 heteroatoms. The highest BCUT2D eigenvalue weighted by molar-refractivity contribution is 6.33. The van der Waals surface area contributed by atoms with Crippen LogP contribution < -0.4 is 21.3 Å². The lowest BCUT2D eigenvalue weighted by molar-refractivity contribution is -0.131. The number of carboxylic acid groups (broad SMARTS) is 1. The van der Waals surface area contributed by atoms with Gasteiger partial charge in [-0.25, -0.2) is 4.79 Å². The molecule has 3 aromatic carbocycles. The summed E-state index contributed by atoms with van der Waals surface area (Å²) in [6.45, 7) is 2.81. The van der Waals surface area contributed by atoms with E-state index in [2.05, 4.69) is 21.3 Å². The van der Waals surface area contributed by atoms with Crippen molar-refractivity contribution in [2.75, 3.05) is 63.1 Å². The predicted octanol–water partition coefficient (Wildman–Crippen LogP) is 1.06. The average molecular weight is 625 g/mol. The Labute approximate surface area is 258 Å². The fraction of sp³-hybridized carbons (Fsp3) is 0.258. The number of aliphatic carboxylic acids is 1. The first-order valence-electron chi connectivity index (χ1n) is 14.0. The number of phenols is 4. The third kappa shape index (κ3) is 8.93. The molecule has 0 fully saturated rings. The lowest BCUT2D eigenvalue weighted by atomic mass is 9.81. The molecular formula is C31H36N4O10. The van der Waals surface area contributed by atoms with Crippen molar-refractivity contribution in [1.29, 1.82) is 0 Å². The summed E-state index contributed by atoms with van der Waals surface area (Å²) in [7, 11) is 0. The van der Waals surface area contributed by atoms with E-state index in [9.17, 15) is 24.6 Å². The van der Waals surface area contributed by atoms with E-state index >= 15 is 0 Å². The highest BCUT2D eigenvalue weighted by Crippen LogP contribution is 2.42. The minimum atomic E-state index is -1.06. The molecule has 0 bridgehead atoms. The molecule has 11 N–H and O–H groups in total. The third-order valence-corrected chi connectivity index (χ3v) is 6.50. The number of hydrogen-bond acceptors (Lipinski definition) is 13. The molecule has 0 radical (unpaired) electrons. The zero-order valence-electron chi connectivity index (χ0n) is 24.2. The summed E-state index contributed by atoms with van der Waals surface area (Å²) in [5.74, 6) is -3.42. The van der Waals surface area contributed by atoms with Crippen LogP contribution in [0.5, 0.6) is 23.0 Å². The largest absolute Gasteiger partial charge is 0.507 e. The van der Waals surface area contributed by atoms with Crippen LogP contribution in [0.25, 0.3) is 6.08 Å². The normalized spacial score (nSPS) is 11.9. The molecule has 0 unspecified atom stereocenters. The number of carboxylic acids is 1. The van der Waals surface area contributed by atoms with Gasteiger partial charge in [-0.2, -0.15) is 0 Å². The summed E-state index contributed by atoms with van der Waals surface area (Å²) < 4.78 is 0. The van der Waals surface area contributed by atoms with Crippen molar-refractivity contribution in [2.45, 2.75) is 0 Å². The molecule has 0 spiro atoms. The monoisotopic (exact) mass is 624 g/mol. The minimum absolute atomic E-state index is 0.00939. The quantitative estimate of drug-likeness (QED) is 0.0407. The van der Waals surface area contributed by atoms with Crippen LogP contribution in [-0.4, -0.2) is 106 Å². The van der Waals surface area contributed by atoms with E-state index in [0.29, 0.717) is 56.2 Å². The van der Waals surface area contributed by atoms with Crippen molar-refractivity contribution < 1.29 is 50.1 Å². The number of aliphatic hydroxyl groups excluding tert-OH is 2. The summed E-state index contributed by atoms with van der Waals surface area (Å²) in [5.41, 5.74) is 1.19. The van der Waals surface area contributed by atoms with Crippen molar-refractivity contribution in [3.8, 4) is 23.0 Å². The number of carbonyl (C=O) groups excluding carboxylic acids is 2. The van der Waals surface area contributed by atoms with Crippen LogP contribution in [-0.2, 0) is 4.79 Å². The van der Waals surface area contributed by atoms with Crippen molar-refractivity contribution in [3.63, 3.8) is 0 Å². The maximum atomic E-state index is 13.4. The van der Waals surface area contributed by atoms with Gasteiger partial charge < -0.3 is 57.0 Å². The van der Waals surface area contributed by atoms with Crippen LogP contribution in [0.2, 0.25) is 0 Å². The van der Waals surface area contributed by atoms with Gasteiger partial charge in [0.1, 0.15) is 11.5 Å².